The zero-order valence-corrected chi connectivity index (χ0v) is 8.12. The monoisotopic (exact) mass is 184 g/mol. The quantitative estimate of drug-likeness (QED) is 0.723. The van der Waals surface area contributed by atoms with Crippen molar-refractivity contribution in [1.82, 2.24) is 0 Å². The number of Topliss-reactive ketones (excluding diaryl/α,β-unsaturated/α-hetero) is 1. The van der Waals surface area contributed by atoms with Crippen molar-refractivity contribution in [2.24, 2.45) is 17.8 Å². The lowest BCUT2D eigenvalue weighted by atomic mass is 9.75. The molecule has 13 heavy (non-hydrogen) atoms. The lowest BCUT2D eigenvalue weighted by molar-refractivity contribution is -0.145. The van der Waals surface area contributed by atoms with E-state index >= 15 is 0 Å². The Morgan fingerprint density at radius 3 is 2.38 bits per heavy atom. The van der Waals surface area contributed by atoms with Gasteiger partial charge in [0.2, 0.25) is 0 Å². The molecule has 0 heterocycles. The fraction of sp³-hybridized carbons (Fsp3) is 0.800. The minimum absolute atomic E-state index is 0.160. The van der Waals surface area contributed by atoms with Crippen LogP contribution in [0.25, 0.3) is 0 Å². The van der Waals surface area contributed by atoms with Crippen LogP contribution in [0.5, 0.6) is 0 Å². The Morgan fingerprint density at radius 1 is 1.54 bits per heavy atom. The predicted octanol–water partition coefficient (Wildman–Crippen LogP) is 1.71. The third-order valence-electron chi connectivity index (χ3n) is 2.74. The maximum absolute atomic E-state index is 10.8. The predicted molar refractivity (Wildman–Crippen MR) is 48.3 cm³/mol. The second kappa shape index (κ2) is 3.90. The van der Waals surface area contributed by atoms with Crippen molar-refractivity contribution >= 4 is 11.8 Å². The Kier molecular flexibility index (Phi) is 3.07. The van der Waals surface area contributed by atoms with Gasteiger partial charge in [-0.05, 0) is 18.3 Å². The highest BCUT2D eigenvalue weighted by molar-refractivity contribution is 5.84. The molecule has 1 fully saturated rings. The number of hydrogen-bond acceptors (Lipinski definition) is 2. The Morgan fingerprint density at radius 2 is 2.08 bits per heavy atom. The highest BCUT2D eigenvalue weighted by Gasteiger charge is 2.32. The van der Waals surface area contributed by atoms with Crippen LogP contribution in [-0.2, 0) is 9.59 Å². The van der Waals surface area contributed by atoms with Gasteiger partial charge in [-0.1, -0.05) is 13.8 Å². The van der Waals surface area contributed by atoms with Gasteiger partial charge < -0.3 is 5.11 Å². The molecule has 0 amide bonds. The molecule has 0 spiro atoms. The molecule has 0 bridgehead atoms. The van der Waals surface area contributed by atoms with E-state index in [1.807, 2.05) is 13.8 Å². The van der Waals surface area contributed by atoms with E-state index < -0.39 is 5.97 Å². The first-order valence-corrected chi connectivity index (χ1v) is 4.75. The average Bonchev–Trinajstić information content (AvgIpc) is 1.93. The lowest BCUT2D eigenvalue weighted by Crippen LogP contribution is -2.30. The van der Waals surface area contributed by atoms with Crippen LogP contribution in [-0.4, -0.2) is 16.9 Å². The van der Waals surface area contributed by atoms with Crippen LogP contribution < -0.4 is 0 Å². The van der Waals surface area contributed by atoms with Gasteiger partial charge in [0.15, 0.2) is 0 Å². The van der Waals surface area contributed by atoms with Gasteiger partial charge in [0.05, 0.1) is 5.92 Å². The highest BCUT2D eigenvalue weighted by Crippen LogP contribution is 2.32. The summed E-state index contributed by atoms with van der Waals surface area (Å²) in [4.78, 5) is 21.5. The number of aliphatic carboxylic acids is 1. The molecule has 1 saturated carbocycles. The summed E-state index contributed by atoms with van der Waals surface area (Å²) in [6.07, 6.45) is 1.85. The van der Waals surface area contributed by atoms with Crippen LogP contribution in [0.1, 0.15) is 33.1 Å². The van der Waals surface area contributed by atoms with Crippen molar-refractivity contribution < 1.29 is 14.7 Å². The van der Waals surface area contributed by atoms with Gasteiger partial charge in [-0.2, -0.15) is 0 Å². The number of carboxylic acids is 1. The van der Waals surface area contributed by atoms with Crippen LogP contribution in [0.4, 0.5) is 0 Å². The first-order valence-electron chi connectivity index (χ1n) is 4.75. The van der Waals surface area contributed by atoms with Crippen molar-refractivity contribution in [1.29, 1.82) is 0 Å². The van der Waals surface area contributed by atoms with Crippen LogP contribution in [0.15, 0.2) is 0 Å². The van der Waals surface area contributed by atoms with Crippen LogP contribution in [0, 0.1) is 17.8 Å². The van der Waals surface area contributed by atoms with Crippen LogP contribution in [0.3, 0.4) is 0 Å². The number of carboxylic acid groups (broad SMARTS) is 1. The summed E-state index contributed by atoms with van der Waals surface area (Å²) in [5, 5.41) is 8.89. The summed E-state index contributed by atoms with van der Waals surface area (Å²) in [5.41, 5.74) is 0. The molecule has 0 aliphatic heterocycles. The number of hydrogen-bond donors (Lipinski definition) is 1. The molecular formula is C10H16O3. The molecule has 0 aromatic heterocycles. The highest BCUT2D eigenvalue weighted by atomic mass is 16.4. The van der Waals surface area contributed by atoms with Crippen molar-refractivity contribution in [2.75, 3.05) is 0 Å². The zero-order chi connectivity index (χ0) is 10.0. The Bertz CT molecular complexity index is 212. The van der Waals surface area contributed by atoms with E-state index in [9.17, 15) is 9.59 Å². The fourth-order valence-corrected chi connectivity index (χ4v) is 1.77. The van der Waals surface area contributed by atoms with E-state index in [2.05, 4.69) is 0 Å². The number of rotatable bonds is 4. The smallest absolute Gasteiger partial charge is 0.306 e. The minimum Gasteiger partial charge on any atom is -0.481 e. The molecule has 0 aromatic carbocycles. The van der Waals surface area contributed by atoms with Crippen LogP contribution in [0.2, 0.25) is 0 Å². The molecular weight excluding hydrogens is 168 g/mol. The van der Waals surface area contributed by atoms with E-state index in [-0.39, 0.29) is 17.6 Å². The van der Waals surface area contributed by atoms with Crippen molar-refractivity contribution in [3.8, 4) is 0 Å². The SMILES string of the molecule is CC(C)C(CC1CC(=O)C1)C(=O)O. The van der Waals surface area contributed by atoms with Gasteiger partial charge in [0, 0.05) is 12.8 Å². The van der Waals surface area contributed by atoms with E-state index in [1.54, 1.807) is 0 Å². The Balaban J connectivity index is 2.39. The molecule has 3 nitrogen and oxygen atoms in total. The minimum atomic E-state index is -0.727. The van der Waals surface area contributed by atoms with Gasteiger partial charge in [0.25, 0.3) is 0 Å². The van der Waals surface area contributed by atoms with Gasteiger partial charge >= 0.3 is 5.97 Å². The Labute approximate surface area is 78.1 Å². The van der Waals surface area contributed by atoms with Gasteiger partial charge in [-0.3, -0.25) is 9.59 Å². The standard InChI is InChI=1S/C10H16O3/c1-6(2)9(10(12)13)5-7-3-8(11)4-7/h6-7,9H,3-5H2,1-2H3,(H,12,13). The summed E-state index contributed by atoms with van der Waals surface area (Å²) in [6.45, 7) is 3.83. The fourth-order valence-electron chi connectivity index (χ4n) is 1.77. The third-order valence-corrected chi connectivity index (χ3v) is 2.74. The molecule has 74 valence electrons. The zero-order valence-electron chi connectivity index (χ0n) is 8.12. The topological polar surface area (TPSA) is 54.4 Å². The van der Waals surface area contributed by atoms with Crippen molar-refractivity contribution in [3.63, 3.8) is 0 Å². The maximum atomic E-state index is 10.8. The molecule has 0 radical (unpaired) electrons. The molecule has 0 aromatic rings. The first kappa shape index (κ1) is 10.2. The second-order valence-electron chi connectivity index (χ2n) is 4.24. The number of carbonyl (C=O) groups is 2. The molecule has 1 aliphatic carbocycles. The lowest BCUT2D eigenvalue weighted by Gasteiger charge is -2.28. The van der Waals surface area contributed by atoms with Crippen LogP contribution >= 0.6 is 0 Å². The largest absolute Gasteiger partial charge is 0.481 e. The van der Waals surface area contributed by atoms with Crippen molar-refractivity contribution in [2.45, 2.75) is 33.1 Å². The molecule has 1 rings (SSSR count). The van der Waals surface area contributed by atoms with E-state index in [0.717, 1.165) is 0 Å². The van der Waals surface area contributed by atoms with E-state index in [4.69, 9.17) is 5.11 Å². The summed E-state index contributed by atoms with van der Waals surface area (Å²) >= 11 is 0. The summed E-state index contributed by atoms with van der Waals surface area (Å²) in [5.74, 6) is -0.241. The van der Waals surface area contributed by atoms with Gasteiger partial charge in [0.1, 0.15) is 5.78 Å². The first-order chi connectivity index (χ1) is 6.00. The van der Waals surface area contributed by atoms with E-state index in [1.165, 1.54) is 0 Å². The number of carbonyl (C=O) groups excluding carboxylic acids is 1. The molecule has 1 aliphatic rings. The van der Waals surface area contributed by atoms with Crippen molar-refractivity contribution in [3.05, 3.63) is 0 Å². The molecule has 0 saturated heterocycles. The van der Waals surface area contributed by atoms with Gasteiger partial charge in [-0.25, -0.2) is 0 Å². The number of ketones is 1. The third kappa shape index (κ3) is 2.54. The normalized spacial score (nSPS) is 20.1. The molecule has 3 heteroatoms. The summed E-state index contributed by atoms with van der Waals surface area (Å²) in [6, 6.07) is 0. The molecule has 1 N–H and O–H groups in total. The molecule has 1 unspecified atom stereocenters. The average molecular weight is 184 g/mol. The second-order valence-corrected chi connectivity index (χ2v) is 4.24. The molecule has 1 atom stereocenters. The van der Waals surface area contributed by atoms with Gasteiger partial charge in [-0.15, -0.1) is 0 Å². The Hall–Kier alpha value is -0.860. The summed E-state index contributed by atoms with van der Waals surface area (Å²) in [7, 11) is 0. The summed E-state index contributed by atoms with van der Waals surface area (Å²) < 4.78 is 0. The maximum Gasteiger partial charge on any atom is 0.306 e. The van der Waals surface area contributed by atoms with E-state index in [0.29, 0.717) is 25.2 Å².